The van der Waals surface area contributed by atoms with Gasteiger partial charge in [-0.3, -0.25) is 9.89 Å². The highest BCUT2D eigenvalue weighted by atomic mass is 35.5. The van der Waals surface area contributed by atoms with Crippen molar-refractivity contribution in [3.8, 4) is 16.9 Å². The van der Waals surface area contributed by atoms with E-state index >= 15 is 0 Å². The number of anilines is 2. The van der Waals surface area contributed by atoms with Crippen LogP contribution in [-0.4, -0.2) is 52.3 Å². The summed E-state index contributed by atoms with van der Waals surface area (Å²) in [6.45, 7) is 1.84. The molecule has 2 heterocycles. The smallest absolute Gasteiger partial charge is 0.404 e. The Morgan fingerprint density at radius 1 is 1.08 bits per heavy atom. The van der Waals surface area contributed by atoms with Gasteiger partial charge < -0.3 is 26.4 Å². The Kier molecular flexibility index (Phi) is 9.04. The van der Waals surface area contributed by atoms with E-state index < -0.39 is 12.1 Å². The van der Waals surface area contributed by atoms with Crippen LogP contribution in [0, 0.1) is 0 Å². The van der Waals surface area contributed by atoms with Crippen LogP contribution in [0.5, 0.6) is 5.75 Å². The number of benzene rings is 2. The minimum absolute atomic E-state index is 0.114. The molecule has 2 aromatic carbocycles. The molecule has 14 heteroatoms. The number of nitrogens with one attached hydrogen (secondary N) is 4. The second kappa shape index (κ2) is 12.6. The number of carbonyl (C=O) groups excluding carboxylic acids is 1. The number of alkyl halides is 3. The van der Waals surface area contributed by atoms with Gasteiger partial charge in [0.2, 0.25) is 5.91 Å². The van der Waals surface area contributed by atoms with Crippen LogP contribution in [0.25, 0.3) is 22.0 Å². The van der Waals surface area contributed by atoms with Gasteiger partial charge in [0.25, 0.3) is 0 Å². The maximum absolute atomic E-state index is 12.3. The summed E-state index contributed by atoms with van der Waals surface area (Å²) in [5, 5.41) is 24.9. The molecule has 0 unspecified atom stereocenters. The molecule has 6 N–H and O–H groups in total. The lowest BCUT2D eigenvalue weighted by Gasteiger charge is -2.12. The molecule has 2 aromatic heterocycles. The number of nitrogen functional groups attached to an aromatic ring is 1. The number of hydrogen-bond donors (Lipinski definition) is 5. The summed E-state index contributed by atoms with van der Waals surface area (Å²) in [6.07, 6.45) is -0.485. The lowest BCUT2D eigenvalue weighted by Crippen LogP contribution is -2.29. The van der Waals surface area contributed by atoms with E-state index in [0.717, 1.165) is 33.8 Å². The van der Waals surface area contributed by atoms with E-state index in [4.69, 9.17) is 17.3 Å². The number of H-pyrrole nitrogens is 1. The Bertz CT molecular complexity index is 1430. The summed E-state index contributed by atoms with van der Waals surface area (Å²) in [4.78, 5) is 12.1. The van der Waals surface area contributed by atoms with Crippen LogP contribution in [0.1, 0.15) is 18.4 Å². The molecule has 0 atom stereocenters. The first kappa shape index (κ1) is 27.9. The van der Waals surface area contributed by atoms with E-state index in [1.165, 1.54) is 12.1 Å². The molecule has 4 aromatic rings. The van der Waals surface area contributed by atoms with Crippen molar-refractivity contribution < 1.29 is 22.7 Å². The second-order valence-corrected chi connectivity index (χ2v) is 9.00. The molecule has 0 aliphatic carbocycles. The van der Waals surface area contributed by atoms with E-state index in [1.807, 2.05) is 12.1 Å². The molecular formula is C25H26ClF3N8O2. The maximum atomic E-state index is 12.3. The minimum Gasteiger partial charge on any atom is -0.404 e. The number of ether oxygens (including phenoxy) is 1. The van der Waals surface area contributed by atoms with Crippen molar-refractivity contribution in [1.29, 1.82) is 0 Å². The first-order chi connectivity index (χ1) is 18.7. The number of rotatable bonds is 12. The van der Waals surface area contributed by atoms with Gasteiger partial charge in [-0.25, -0.2) is 0 Å². The van der Waals surface area contributed by atoms with Gasteiger partial charge in [-0.05, 0) is 47.9 Å². The molecule has 206 valence electrons. The molecule has 0 bridgehead atoms. The quantitative estimate of drug-likeness (QED) is 0.161. The van der Waals surface area contributed by atoms with Gasteiger partial charge in [-0.2, -0.15) is 10.2 Å². The van der Waals surface area contributed by atoms with Crippen LogP contribution in [0.2, 0.25) is 5.02 Å². The van der Waals surface area contributed by atoms with Crippen LogP contribution >= 0.6 is 11.6 Å². The number of carbonyl (C=O) groups is 1. The van der Waals surface area contributed by atoms with Gasteiger partial charge in [0.05, 0.1) is 22.9 Å². The van der Waals surface area contributed by atoms with Crippen molar-refractivity contribution in [2.75, 3.05) is 30.7 Å². The van der Waals surface area contributed by atoms with E-state index in [-0.39, 0.29) is 17.4 Å². The largest absolute Gasteiger partial charge is 0.573 e. The number of nitrogens with zero attached hydrogens (tertiary/aromatic N) is 3. The minimum atomic E-state index is -4.81. The van der Waals surface area contributed by atoms with Crippen LogP contribution in [0.4, 0.5) is 24.7 Å². The Morgan fingerprint density at radius 2 is 1.92 bits per heavy atom. The molecule has 1 amide bonds. The van der Waals surface area contributed by atoms with Gasteiger partial charge in [0, 0.05) is 49.2 Å². The van der Waals surface area contributed by atoms with Gasteiger partial charge in [0.15, 0.2) is 0 Å². The zero-order valence-electron chi connectivity index (χ0n) is 20.6. The predicted octanol–water partition coefficient (Wildman–Crippen LogP) is 4.25. The molecule has 0 aliphatic rings. The fourth-order valence-electron chi connectivity index (χ4n) is 3.83. The summed E-state index contributed by atoms with van der Waals surface area (Å²) in [7, 11) is 0. The average Bonchev–Trinajstić information content (AvgIpc) is 3.36. The SMILES string of the molecule is Nc1cc(-c2cc(NCCCNC(=O)CCNCc3ccc(OC(F)(F)F)c(Cl)c3)c3cn[nH]c3c2)cnn1. The highest BCUT2D eigenvalue weighted by Gasteiger charge is 2.32. The van der Waals surface area contributed by atoms with Gasteiger partial charge in [0.1, 0.15) is 11.6 Å². The second-order valence-electron chi connectivity index (χ2n) is 8.59. The molecule has 39 heavy (non-hydrogen) atoms. The van der Waals surface area contributed by atoms with Crippen LogP contribution in [0.15, 0.2) is 48.8 Å². The van der Waals surface area contributed by atoms with E-state index in [2.05, 4.69) is 41.1 Å². The van der Waals surface area contributed by atoms with Crippen molar-refractivity contribution in [3.63, 3.8) is 0 Å². The first-order valence-electron chi connectivity index (χ1n) is 12.0. The maximum Gasteiger partial charge on any atom is 0.573 e. The number of hydrogen-bond acceptors (Lipinski definition) is 8. The summed E-state index contributed by atoms with van der Waals surface area (Å²) in [5.41, 5.74) is 9.92. The third-order valence-electron chi connectivity index (χ3n) is 5.64. The van der Waals surface area contributed by atoms with E-state index in [9.17, 15) is 18.0 Å². The Morgan fingerprint density at radius 3 is 2.69 bits per heavy atom. The zero-order valence-corrected chi connectivity index (χ0v) is 21.4. The molecule has 4 rings (SSSR count). The van der Waals surface area contributed by atoms with Gasteiger partial charge in [-0.1, -0.05) is 17.7 Å². The van der Waals surface area contributed by atoms with Crippen LogP contribution < -0.4 is 26.4 Å². The Hall–Kier alpha value is -4.10. The molecule has 0 spiro atoms. The third-order valence-corrected chi connectivity index (χ3v) is 5.93. The summed E-state index contributed by atoms with van der Waals surface area (Å²) in [5.74, 6) is -0.243. The summed E-state index contributed by atoms with van der Waals surface area (Å²) < 4.78 is 40.9. The number of halogens is 4. The Labute approximate surface area is 226 Å². The number of nitrogens with two attached hydrogens (primary N) is 1. The van der Waals surface area contributed by atoms with Crippen molar-refractivity contribution in [2.45, 2.75) is 25.7 Å². The van der Waals surface area contributed by atoms with E-state index in [0.29, 0.717) is 44.0 Å². The van der Waals surface area contributed by atoms with Gasteiger partial charge in [-0.15, -0.1) is 18.3 Å². The van der Waals surface area contributed by atoms with Crippen molar-refractivity contribution in [2.24, 2.45) is 0 Å². The van der Waals surface area contributed by atoms with Crippen molar-refractivity contribution in [3.05, 3.63) is 59.4 Å². The standard InChI is InChI=1S/C25H26ClF3N8O2/c26-19-8-15(2-3-22(19)39-25(27,28)29)12-31-7-4-24(38)33-6-1-5-32-20-9-16(10-21-18(20)14-35-36-21)17-11-23(30)37-34-13-17/h2-3,8-11,13-14,31-32H,1,4-7,12H2,(H2,30,37)(H,33,38)(H,35,36). The molecule has 0 radical (unpaired) electrons. The average molecular weight is 563 g/mol. The van der Waals surface area contributed by atoms with Crippen LogP contribution in [0.3, 0.4) is 0 Å². The topological polar surface area (TPSA) is 143 Å². The fourth-order valence-corrected chi connectivity index (χ4v) is 4.07. The normalized spacial score (nSPS) is 11.5. The molecule has 10 nitrogen and oxygen atoms in total. The number of aromatic amines is 1. The molecule has 0 aliphatic heterocycles. The summed E-state index contributed by atoms with van der Waals surface area (Å²) >= 11 is 5.85. The van der Waals surface area contributed by atoms with Crippen molar-refractivity contribution in [1.82, 2.24) is 31.0 Å². The van der Waals surface area contributed by atoms with Gasteiger partial charge >= 0.3 is 6.36 Å². The third kappa shape index (κ3) is 8.19. The highest BCUT2D eigenvalue weighted by Crippen LogP contribution is 2.31. The summed E-state index contributed by atoms with van der Waals surface area (Å²) in [6, 6.07) is 9.72. The predicted molar refractivity (Wildman–Crippen MR) is 142 cm³/mol. The molecular weight excluding hydrogens is 537 g/mol. The first-order valence-corrected chi connectivity index (χ1v) is 12.4. The van der Waals surface area contributed by atoms with Crippen molar-refractivity contribution >= 4 is 39.9 Å². The van der Waals surface area contributed by atoms with E-state index in [1.54, 1.807) is 18.5 Å². The number of aromatic nitrogens is 4. The van der Waals surface area contributed by atoms with Crippen LogP contribution in [-0.2, 0) is 11.3 Å². The number of fused-ring (bicyclic) bond motifs is 1. The molecule has 0 saturated carbocycles. The zero-order chi connectivity index (χ0) is 27.8. The Balaban J connectivity index is 1.17. The fraction of sp³-hybridized carbons (Fsp3) is 0.280. The lowest BCUT2D eigenvalue weighted by molar-refractivity contribution is -0.274. The highest BCUT2D eigenvalue weighted by molar-refractivity contribution is 6.32. The monoisotopic (exact) mass is 562 g/mol. The molecule has 0 fully saturated rings. The lowest BCUT2D eigenvalue weighted by atomic mass is 10.0. The number of amides is 1. The molecule has 0 saturated heterocycles.